The number of nitrogens with zero attached hydrogens (tertiary/aromatic N) is 2. The second-order valence-corrected chi connectivity index (χ2v) is 7.97. The molecule has 2 aromatic rings. The molecule has 7 nitrogen and oxygen atoms in total. The van der Waals surface area contributed by atoms with E-state index in [0.717, 1.165) is 18.1 Å². The van der Waals surface area contributed by atoms with Crippen molar-refractivity contribution in [1.82, 2.24) is 20.9 Å². The molecule has 1 aliphatic heterocycles. The van der Waals surface area contributed by atoms with Crippen molar-refractivity contribution in [1.29, 1.82) is 0 Å². The van der Waals surface area contributed by atoms with Gasteiger partial charge in [-0.3, -0.25) is 14.7 Å². The van der Waals surface area contributed by atoms with Crippen LogP contribution in [0.2, 0.25) is 0 Å². The number of aliphatic imine (C=N–C) groups is 1. The SMILES string of the molecule is CCNC(=O)COc1cccc(CNC(=NC)NCc2ccc(CN3CCCC3)cc2)c1. The number of amides is 1. The molecule has 172 valence electrons. The molecule has 1 heterocycles. The molecule has 0 saturated carbocycles. The highest BCUT2D eigenvalue weighted by atomic mass is 16.5. The first-order valence-electron chi connectivity index (χ1n) is 11.4. The molecule has 0 aliphatic carbocycles. The molecule has 0 spiro atoms. The van der Waals surface area contributed by atoms with Crippen LogP contribution < -0.4 is 20.7 Å². The van der Waals surface area contributed by atoms with Crippen molar-refractivity contribution in [2.75, 3.05) is 33.3 Å². The minimum atomic E-state index is -0.121. The summed E-state index contributed by atoms with van der Waals surface area (Å²) in [7, 11) is 1.76. The maximum atomic E-state index is 11.6. The summed E-state index contributed by atoms with van der Waals surface area (Å²) in [5, 5.41) is 9.41. The third-order valence-corrected chi connectivity index (χ3v) is 5.41. The topological polar surface area (TPSA) is 78.0 Å². The van der Waals surface area contributed by atoms with Gasteiger partial charge in [0.15, 0.2) is 12.6 Å². The van der Waals surface area contributed by atoms with Gasteiger partial charge in [0.05, 0.1) is 0 Å². The standard InChI is InChI=1S/C25H35N5O2/c1-3-27-24(31)19-32-23-8-6-7-22(15-23)17-29-25(26-2)28-16-20-9-11-21(12-10-20)18-30-13-4-5-14-30/h6-12,15H,3-5,13-14,16-19H2,1-2H3,(H,27,31)(H2,26,28,29). The molecule has 0 unspecified atom stereocenters. The molecule has 1 aliphatic rings. The molecule has 3 N–H and O–H groups in total. The Bertz CT molecular complexity index is 876. The van der Waals surface area contributed by atoms with E-state index in [0.29, 0.717) is 25.4 Å². The van der Waals surface area contributed by atoms with E-state index in [-0.39, 0.29) is 12.5 Å². The number of rotatable bonds is 10. The lowest BCUT2D eigenvalue weighted by atomic mass is 10.1. The molecule has 7 heteroatoms. The van der Waals surface area contributed by atoms with E-state index in [1.54, 1.807) is 7.05 Å². The second kappa shape index (κ2) is 12.7. The Balaban J connectivity index is 1.42. The molecular weight excluding hydrogens is 402 g/mol. The van der Waals surface area contributed by atoms with Crippen LogP contribution in [0.1, 0.15) is 36.5 Å². The number of nitrogens with one attached hydrogen (secondary N) is 3. The number of guanidine groups is 1. The van der Waals surface area contributed by atoms with Crippen molar-refractivity contribution in [3.05, 3.63) is 65.2 Å². The summed E-state index contributed by atoms with van der Waals surface area (Å²) < 4.78 is 5.56. The maximum absolute atomic E-state index is 11.6. The van der Waals surface area contributed by atoms with E-state index >= 15 is 0 Å². The van der Waals surface area contributed by atoms with Gasteiger partial charge in [-0.1, -0.05) is 36.4 Å². The normalized spacial score (nSPS) is 14.2. The summed E-state index contributed by atoms with van der Waals surface area (Å²) in [6, 6.07) is 16.5. The highest BCUT2D eigenvalue weighted by Crippen LogP contribution is 2.14. The van der Waals surface area contributed by atoms with Gasteiger partial charge in [0.2, 0.25) is 0 Å². The number of hydrogen-bond acceptors (Lipinski definition) is 4. The monoisotopic (exact) mass is 437 g/mol. The molecular formula is C25H35N5O2. The van der Waals surface area contributed by atoms with Crippen LogP contribution in [-0.4, -0.2) is 50.1 Å². The van der Waals surface area contributed by atoms with Crippen molar-refractivity contribution in [2.45, 2.75) is 39.4 Å². The zero-order chi connectivity index (χ0) is 22.6. The fraction of sp³-hybridized carbons (Fsp3) is 0.440. The highest BCUT2D eigenvalue weighted by molar-refractivity contribution is 5.79. The van der Waals surface area contributed by atoms with Gasteiger partial charge in [-0.15, -0.1) is 0 Å². The predicted molar refractivity (Wildman–Crippen MR) is 129 cm³/mol. The average Bonchev–Trinajstić information content (AvgIpc) is 3.32. The summed E-state index contributed by atoms with van der Waals surface area (Å²) in [4.78, 5) is 18.4. The van der Waals surface area contributed by atoms with Crippen LogP contribution >= 0.6 is 0 Å². The molecule has 0 aromatic heterocycles. The Morgan fingerprint density at radius 1 is 0.969 bits per heavy atom. The van der Waals surface area contributed by atoms with Crippen LogP contribution in [0.4, 0.5) is 0 Å². The van der Waals surface area contributed by atoms with E-state index in [9.17, 15) is 4.79 Å². The van der Waals surface area contributed by atoms with E-state index < -0.39 is 0 Å². The van der Waals surface area contributed by atoms with Crippen LogP contribution in [0.15, 0.2) is 53.5 Å². The highest BCUT2D eigenvalue weighted by Gasteiger charge is 2.11. The lowest BCUT2D eigenvalue weighted by molar-refractivity contribution is -0.122. The minimum absolute atomic E-state index is 0.0186. The van der Waals surface area contributed by atoms with Crippen molar-refractivity contribution in [2.24, 2.45) is 4.99 Å². The summed E-state index contributed by atoms with van der Waals surface area (Å²) in [5.74, 6) is 1.29. The number of carbonyl (C=O) groups is 1. The largest absolute Gasteiger partial charge is 0.484 e. The third kappa shape index (κ3) is 7.89. The first-order chi connectivity index (χ1) is 15.7. The van der Waals surface area contributed by atoms with E-state index in [4.69, 9.17) is 4.74 Å². The Labute approximate surface area is 191 Å². The van der Waals surface area contributed by atoms with Crippen LogP contribution in [0, 0.1) is 0 Å². The van der Waals surface area contributed by atoms with Gasteiger partial charge >= 0.3 is 0 Å². The van der Waals surface area contributed by atoms with Crippen molar-refractivity contribution in [3.8, 4) is 5.75 Å². The number of ether oxygens (including phenoxy) is 1. The fourth-order valence-electron chi connectivity index (χ4n) is 3.70. The first kappa shape index (κ1) is 23.6. The number of benzene rings is 2. The zero-order valence-corrected chi connectivity index (χ0v) is 19.2. The van der Waals surface area contributed by atoms with Crippen LogP contribution in [0.3, 0.4) is 0 Å². The molecule has 3 rings (SSSR count). The van der Waals surface area contributed by atoms with Gasteiger partial charge in [-0.05, 0) is 61.7 Å². The van der Waals surface area contributed by atoms with E-state index in [2.05, 4.69) is 50.1 Å². The fourth-order valence-corrected chi connectivity index (χ4v) is 3.70. The second-order valence-electron chi connectivity index (χ2n) is 7.97. The molecule has 0 radical (unpaired) electrons. The van der Waals surface area contributed by atoms with Crippen molar-refractivity contribution in [3.63, 3.8) is 0 Å². The summed E-state index contributed by atoms with van der Waals surface area (Å²) in [6.45, 7) is 7.29. The zero-order valence-electron chi connectivity index (χ0n) is 19.2. The molecule has 1 saturated heterocycles. The lowest BCUT2D eigenvalue weighted by Crippen LogP contribution is -2.36. The third-order valence-electron chi connectivity index (χ3n) is 5.41. The van der Waals surface area contributed by atoms with Crippen molar-refractivity contribution >= 4 is 11.9 Å². The Kier molecular flexibility index (Phi) is 9.37. The molecule has 0 atom stereocenters. The summed E-state index contributed by atoms with van der Waals surface area (Å²) in [6.07, 6.45) is 2.64. The average molecular weight is 438 g/mol. The molecule has 2 aromatic carbocycles. The van der Waals surface area contributed by atoms with Gasteiger partial charge < -0.3 is 20.7 Å². The van der Waals surface area contributed by atoms with Gasteiger partial charge in [-0.2, -0.15) is 0 Å². The molecule has 1 fully saturated rings. The first-order valence-corrected chi connectivity index (χ1v) is 11.4. The smallest absolute Gasteiger partial charge is 0.257 e. The number of hydrogen-bond donors (Lipinski definition) is 3. The van der Waals surface area contributed by atoms with Gasteiger partial charge in [0.1, 0.15) is 5.75 Å². The number of likely N-dealkylation sites (tertiary alicyclic amines) is 1. The molecule has 32 heavy (non-hydrogen) atoms. The number of carbonyl (C=O) groups excluding carboxylic acids is 1. The van der Waals surface area contributed by atoms with Crippen LogP contribution in [0.5, 0.6) is 5.75 Å². The molecule has 0 bridgehead atoms. The van der Waals surface area contributed by atoms with Crippen molar-refractivity contribution < 1.29 is 9.53 Å². The minimum Gasteiger partial charge on any atom is -0.484 e. The van der Waals surface area contributed by atoms with E-state index in [1.807, 2.05) is 31.2 Å². The molecule has 1 amide bonds. The van der Waals surface area contributed by atoms with E-state index in [1.165, 1.54) is 37.1 Å². The van der Waals surface area contributed by atoms with Crippen LogP contribution in [0.25, 0.3) is 0 Å². The quantitative estimate of drug-likeness (QED) is 0.394. The Hall–Kier alpha value is -3.06. The van der Waals surface area contributed by atoms with Gasteiger partial charge in [0.25, 0.3) is 5.91 Å². The summed E-state index contributed by atoms with van der Waals surface area (Å²) in [5.41, 5.74) is 3.64. The Morgan fingerprint density at radius 3 is 2.34 bits per heavy atom. The maximum Gasteiger partial charge on any atom is 0.257 e. The van der Waals surface area contributed by atoms with Gasteiger partial charge in [0, 0.05) is 33.2 Å². The number of likely N-dealkylation sites (N-methyl/N-ethyl adjacent to an activating group) is 1. The predicted octanol–water partition coefficient (Wildman–Crippen LogP) is 2.66. The summed E-state index contributed by atoms with van der Waals surface area (Å²) >= 11 is 0. The lowest BCUT2D eigenvalue weighted by Gasteiger charge is -2.15. The van der Waals surface area contributed by atoms with Gasteiger partial charge in [-0.25, -0.2) is 0 Å². The van der Waals surface area contributed by atoms with Crippen LogP contribution in [-0.2, 0) is 24.4 Å². The Morgan fingerprint density at radius 2 is 1.66 bits per heavy atom.